The van der Waals surface area contributed by atoms with Gasteiger partial charge in [0.05, 0.1) is 6.04 Å². The molecule has 1 N–H and O–H groups in total. The average molecular weight is 268 g/mol. The third kappa shape index (κ3) is 3.12. The van der Waals surface area contributed by atoms with Crippen molar-refractivity contribution in [2.75, 3.05) is 26.2 Å². The Morgan fingerprint density at radius 2 is 1.58 bits per heavy atom. The maximum absolute atomic E-state index is 13.6. The number of nitrogens with zero attached hydrogens (tertiary/aromatic N) is 1. The smallest absolute Gasteiger partial charge is 0.258 e. The molecule has 106 valence electrons. The van der Waals surface area contributed by atoms with E-state index < -0.39 is 12.5 Å². The van der Waals surface area contributed by atoms with Crippen molar-refractivity contribution in [2.45, 2.75) is 33.2 Å². The van der Waals surface area contributed by atoms with Gasteiger partial charge in [-0.2, -0.15) is 0 Å². The lowest BCUT2D eigenvalue weighted by Gasteiger charge is -2.36. The SMILES string of the molecule is Cc1cc(C)c([C@@H](C(F)F)N2CCNCC2)c(C)c1. The summed E-state index contributed by atoms with van der Waals surface area (Å²) in [5.41, 5.74) is 3.89. The van der Waals surface area contributed by atoms with E-state index in [2.05, 4.69) is 5.32 Å². The van der Waals surface area contributed by atoms with Crippen molar-refractivity contribution in [1.82, 2.24) is 10.2 Å². The summed E-state index contributed by atoms with van der Waals surface area (Å²) in [6.45, 7) is 8.82. The quantitative estimate of drug-likeness (QED) is 0.907. The maximum atomic E-state index is 13.6. The Labute approximate surface area is 113 Å². The average Bonchev–Trinajstić information content (AvgIpc) is 2.34. The van der Waals surface area contributed by atoms with E-state index in [0.29, 0.717) is 13.1 Å². The molecule has 0 amide bonds. The third-order valence-electron chi connectivity index (χ3n) is 3.82. The Balaban J connectivity index is 2.38. The first kappa shape index (κ1) is 14.4. The fourth-order valence-corrected chi connectivity index (χ4v) is 3.09. The second-order valence-electron chi connectivity index (χ2n) is 5.38. The predicted octanol–water partition coefficient (Wildman–Crippen LogP) is 2.82. The van der Waals surface area contributed by atoms with Gasteiger partial charge in [-0.3, -0.25) is 4.90 Å². The molecule has 1 aromatic carbocycles. The molecule has 0 spiro atoms. The van der Waals surface area contributed by atoms with Gasteiger partial charge in [0.15, 0.2) is 0 Å². The van der Waals surface area contributed by atoms with Crippen molar-refractivity contribution in [3.05, 3.63) is 34.4 Å². The van der Waals surface area contributed by atoms with Crippen molar-refractivity contribution in [1.29, 1.82) is 0 Å². The first-order valence-electron chi connectivity index (χ1n) is 6.81. The summed E-state index contributed by atoms with van der Waals surface area (Å²) in [6, 6.07) is 3.22. The number of hydrogen-bond acceptors (Lipinski definition) is 2. The van der Waals surface area contributed by atoms with Crippen LogP contribution >= 0.6 is 0 Å². The van der Waals surface area contributed by atoms with Gasteiger partial charge >= 0.3 is 0 Å². The molecule has 0 aromatic heterocycles. The summed E-state index contributed by atoms with van der Waals surface area (Å²) in [7, 11) is 0. The largest absolute Gasteiger partial charge is 0.314 e. The zero-order valence-corrected chi connectivity index (χ0v) is 11.8. The zero-order chi connectivity index (χ0) is 14.0. The lowest BCUT2D eigenvalue weighted by molar-refractivity contribution is 0.0175. The summed E-state index contributed by atoms with van der Waals surface area (Å²) in [6.07, 6.45) is -2.35. The first-order valence-corrected chi connectivity index (χ1v) is 6.81. The molecule has 0 radical (unpaired) electrons. The van der Waals surface area contributed by atoms with Crippen molar-refractivity contribution < 1.29 is 8.78 Å². The Hall–Kier alpha value is -1.00. The normalized spacial score (nSPS) is 18.8. The molecule has 1 fully saturated rings. The number of hydrogen-bond donors (Lipinski definition) is 1. The van der Waals surface area contributed by atoms with Crippen LogP contribution in [-0.4, -0.2) is 37.5 Å². The van der Waals surface area contributed by atoms with E-state index >= 15 is 0 Å². The van der Waals surface area contributed by atoms with Gasteiger partial charge in [0.2, 0.25) is 0 Å². The maximum Gasteiger partial charge on any atom is 0.258 e. The second kappa shape index (κ2) is 5.97. The Morgan fingerprint density at radius 3 is 2.05 bits per heavy atom. The summed E-state index contributed by atoms with van der Waals surface area (Å²) in [5, 5.41) is 3.21. The monoisotopic (exact) mass is 268 g/mol. The highest BCUT2D eigenvalue weighted by Gasteiger charge is 2.32. The molecule has 4 heteroatoms. The van der Waals surface area contributed by atoms with Crippen LogP contribution in [0, 0.1) is 20.8 Å². The highest BCUT2D eigenvalue weighted by molar-refractivity contribution is 5.40. The molecule has 2 rings (SSSR count). The van der Waals surface area contributed by atoms with E-state index in [-0.39, 0.29) is 0 Å². The number of benzene rings is 1. The first-order chi connectivity index (χ1) is 9.00. The third-order valence-corrected chi connectivity index (χ3v) is 3.82. The van der Waals surface area contributed by atoms with Gasteiger partial charge in [-0.05, 0) is 37.5 Å². The number of aryl methyl sites for hydroxylation is 3. The van der Waals surface area contributed by atoms with Crippen molar-refractivity contribution >= 4 is 0 Å². The van der Waals surface area contributed by atoms with E-state index in [1.165, 1.54) is 0 Å². The van der Waals surface area contributed by atoms with E-state index in [9.17, 15) is 8.78 Å². The molecule has 0 unspecified atom stereocenters. The molecule has 0 aliphatic carbocycles. The fourth-order valence-electron chi connectivity index (χ4n) is 3.09. The van der Waals surface area contributed by atoms with Gasteiger partial charge in [-0.1, -0.05) is 17.7 Å². The van der Waals surface area contributed by atoms with E-state index in [1.54, 1.807) is 0 Å². The Kier molecular flexibility index (Phi) is 4.53. The van der Waals surface area contributed by atoms with Crippen LogP contribution < -0.4 is 5.32 Å². The molecular formula is C15H22F2N2. The van der Waals surface area contributed by atoms with Crippen LogP contribution in [0.15, 0.2) is 12.1 Å². The number of piperazine rings is 1. The Morgan fingerprint density at radius 1 is 1.05 bits per heavy atom. The highest BCUT2D eigenvalue weighted by atomic mass is 19.3. The van der Waals surface area contributed by atoms with Gasteiger partial charge < -0.3 is 5.32 Å². The number of halogens is 2. The molecule has 1 heterocycles. The van der Waals surface area contributed by atoms with Gasteiger partial charge in [0, 0.05) is 26.2 Å². The lowest BCUT2D eigenvalue weighted by atomic mass is 9.93. The molecule has 1 aliphatic heterocycles. The van der Waals surface area contributed by atoms with Gasteiger partial charge in [-0.25, -0.2) is 8.78 Å². The van der Waals surface area contributed by atoms with Crippen molar-refractivity contribution in [2.24, 2.45) is 0 Å². The van der Waals surface area contributed by atoms with E-state index in [1.807, 2.05) is 37.8 Å². The van der Waals surface area contributed by atoms with Crippen molar-refractivity contribution in [3.63, 3.8) is 0 Å². The lowest BCUT2D eigenvalue weighted by Crippen LogP contribution is -2.47. The number of rotatable bonds is 3. The summed E-state index contributed by atoms with van der Waals surface area (Å²) in [5.74, 6) is 0. The number of nitrogens with one attached hydrogen (secondary N) is 1. The predicted molar refractivity (Wildman–Crippen MR) is 73.8 cm³/mol. The Bertz CT molecular complexity index is 417. The summed E-state index contributed by atoms with van der Waals surface area (Å²) in [4.78, 5) is 1.91. The molecule has 1 atom stereocenters. The van der Waals surface area contributed by atoms with E-state index in [0.717, 1.165) is 35.3 Å². The minimum absolute atomic E-state index is 0.682. The minimum Gasteiger partial charge on any atom is -0.314 e. The van der Waals surface area contributed by atoms with E-state index in [4.69, 9.17) is 0 Å². The molecule has 1 aromatic rings. The fraction of sp³-hybridized carbons (Fsp3) is 0.600. The van der Waals surface area contributed by atoms with Crippen LogP contribution in [0.25, 0.3) is 0 Å². The zero-order valence-electron chi connectivity index (χ0n) is 11.8. The molecule has 0 saturated carbocycles. The van der Waals surface area contributed by atoms with Crippen LogP contribution in [-0.2, 0) is 0 Å². The van der Waals surface area contributed by atoms with Crippen LogP contribution in [0.3, 0.4) is 0 Å². The highest BCUT2D eigenvalue weighted by Crippen LogP contribution is 2.33. The van der Waals surface area contributed by atoms with Gasteiger partial charge in [0.1, 0.15) is 0 Å². The molecule has 2 nitrogen and oxygen atoms in total. The van der Waals surface area contributed by atoms with Crippen LogP contribution in [0.5, 0.6) is 0 Å². The minimum atomic E-state index is -2.35. The standard InChI is InChI=1S/C15H22F2N2/c1-10-8-11(2)13(12(3)9-10)14(15(16)17)19-6-4-18-5-7-19/h8-9,14-15,18H,4-7H2,1-3H3/t14-/m0/s1. The molecule has 0 bridgehead atoms. The topological polar surface area (TPSA) is 15.3 Å². The summed E-state index contributed by atoms with van der Waals surface area (Å²) < 4.78 is 27.1. The molecule has 1 aliphatic rings. The van der Waals surface area contributed by atoms with Crippen molar-refractivity contribution in [3.8, 4) is 0 Å². The summed E-state index contributed by atoms with van der Waals surface area (Å²) >= 11 is 0. The molecule has 19 heavy (non-hydrogen) atoms. The van der Waals surface area contributed by atoms with Crippen LogP contribution in [0.2, 0.25) is 0 Å². The van der Waals surface area contributed by atoms with Crippen LogP contribution in [0.4, 0.5) is 8.78 Å². The van der Waals surface area contributed by atoms with Crippen LogP contribution in [0.1, 0.15) is 28.3 Å². The number of alkyl halides is 2. The molecular weight excluding hydrogens is 246 g/mol. The van der Waals surface area contributed by atoms with Gasteiger partial charge in [0.25, 0.3) is 6.43 Å². The second-order valence-corrected chi connectivity index (χ2v) is 5.38. The molecule has 1 saturated heterocycles. The van der Waals surface area contributed by atoms with Gasteiger partial charge in [-0.15, -0.1) is 0 Å².